The zero-order valence-electron chi connectivity index (χ0n) is 13.1. The molecule has 2 rings (SSSR count). The first-order chi connectivity index (χ1) is 11.4. The van der Waals surface area contributed by atoms with E-state index in [9.17, 15) is 14.4 Å². The van der Waals surface area contributed by atoms with Gasteiger partial charge in [0.1, 0.15) is 11.5 Å². The molecule has 0 aliphatic heterocycles. The molecule has 0 aliphatic carbocycles. The van der Waals surface area contributed by atoms with Crippen LogP contribution in [0, 0.1) is 0 Å². The molecule has 3 amide bonds. The molecule has 2 N–H and O–H groups in total. The van der Waals surface area contributed by atoms with E-state index in [-0.39, 0.29) is 5.56 Å². The molecule has 1 heterocycles. The molecular weight excluding hydrogens is 312 g/mol. The van der Waals surface area contributed by atoms with Gasteiger partial charge >= 0.3 is 12.0 Å². The Balaban J connectivity index is 2.18. The third kappa shape index (κ3) is 3.89. The van der Waals surface area contributed by atoms with Crippen molar-refractivity contribution in [1.82, 2.24) is 10.2 Å². The van der Waals surface area contributed by atoms with Crippen LogP contribution < -0.4 is 5.32 Å². The lowest BCUT2D eigenvalue weighted by Crippen LogP contribution is -2.35. The van der Waals surface area contributed by atoms with Gasteiger partial charge in [-0.2, -0.15) is 0 Å². The Labute approximate surface area is 138 Å². The number of carboxylic acids is 1. The van der Waals surface area contributed by atoms with Crippen LogP contribution >= 0.6 is 0 Å². The summed E-state index contributed by atoms with van der Waals surface area (Å²) in [5.41, 5.74) is 1.52. The van der Waals surface area contributed by atoms with Crippen LogP contribution in [0.25, 0.3) is 17.4 Å². The number of urea groups is 1. The van der Waals surface area contributed by atoms with Crippen LogP contribution in [-0.4, -0.2) is 35.5 Å². The van der Waals surface area contributed by atoms with Crippen molar-refractivity contribution in [3.8, 4) is 11.3 Å². The maximum atomic E-state index is 11.6. The molecule has 0 unspecified atom stereocenters. The summed E-state index contributed by atoms with van der Waals surface area (Å²) in [4.78, 5) is 34.0. The normalized spacial score (nSPS) is 11.0. The standard InChI is InChI=1S/C17H16N2O5/c1-11(19(2)17(23)18-10-20)9-14-7-8-15(24-14)12-3-5-13(6-4-12)16(21)22/h3-10H,1-2H3,(H,21,22)(H,18,20,23). The fourth-order valence-electron chi connectivity index (χ4n) is 1.97. The number of hydrogen-bond donors (Lipinski definition) is 2. The topological polar surface area (TPSA) is 99.8 Å². The zero-order valence-corrected chi connectivity index (χ0v) is 13.1. The van der Waals surface area contributed by atoms with Crippen LogP contribution in [0.3, 0.4) is 0 Å². The van der Waals surface area contributed by atoms with Gasteiger partial charge in [-0.25, -0.2) is 9.59 Å². The largest absolute Gasteiger partial charge is 0.478 e. The molecule has 7 heteroatoms. The van der Waals surface area contributed by atoms with Crippen molar-refractivity contribution in [1.29, 1.82) is 0 Å². The maximum absolute atomic E-state index is 11.6. The maximum Gasteiger partial charge on any atom is 0.335 e. The van der Waals surface area contributed by atoms with E-state index in [0.29, 0.717) is 23.6 Å². The lowest BCUT2D eigenvalue weighted by molar-refractivity contribution is -0.108. The Hall–Kier alpha value is -3.35. The average molecular weight is 328 g/mol. The summed E-state index contributed by atoms with van der Waals surface area (Å²) in [6.07, 6.45) is 1.97. The Morgan fingerprint density at radius 2 is 1.83 bits per heavy atom. The van der Waals surface area contributed by atoms with Crippen LogP contribution in [0.1, 0.15) is 23.0 Å². The van der Waals surface area contributed by atoms with Crippen molar-refractivity contribution in [3.63, 3.8) is 0 Å². The van der Waals surface area contributed by atoms with E-state index in [0.717, 1.165) is 5.56 Å². The average Bonchev–Trinajstić information content (AvgIpc) is 3.02. The summed E-state index contributed by atoms with van der Waals surface area (Å²) in [6.45, 7) is 1.70. The lowest BCUT2D eigenvalue weighted by Gasteiger charge is -2.15. The Morgan fingerprint density at radius 1 is 1.17 bits per heavy atom. The second kappa shape index (κ2) is 7.28. The van der Waals surface area contributed by atoms with Gasteiger partial charge in [-0.15, -0.1) is 0 Å². The molecule has 0 atom stereocenters. The van der Waals surface area contributed by atoms with E-state index < -0.39 is 12.0 Å². The molecule has 1 aromatic heterocycles. The van der Waals surface area contributed by atoms with Gasteiger partial charge in [0.2, 0.25) is 6.41 Å². The van der Waals surface area contributed by atoms with Gasteiger partial charge in [-0.1, -0.05) is 12.1 Å². The predicted octanol–water partition coefficient (Wildman–Crippen LogP) is 2.80. The van der Waals surface area contributed by atoms with Crippen LogP contribution in [0.5, 0.6) is 0 Å². The summed E-state index contributed by atoms with van der Waals surface area (Å²) in [5.74, 6) is 0.110. The van der Waals surface area contributed by atoms with E-state index in [4.69, 9.17) is 9.52 Å². The third-order valence-corrected chi connectivity index (χ3v) is 3.41. The number of carbonyl (C=O) groups is 3. The molecule has 124 valence electrons. The number of carbonyl (C=O) groups excluding carboxylic acids is 2. The Morgan fingerprint density at radius 3 is 2.42 bits per heavy atom. The second-order valence-corrected chi connectivity index (χ2v) is 5.00. The highest BCUT2D eigenvalue weighted by atomic mass is 16.4. The number of hydrogen-bond acceptors (Lipinski definition) is 4. The number of nitrogens with one attached hydrogen (secondary N) is 1. The summed E-state index contributed by atoms with van der Waals surface area (Å²) in [7, 11) is 1.53. The lowest BCUT2D eigenvalue weighted by atomic mass is 10.1. The van der Waals surface area contributed by atoms with Gasteiger partial charge in [-0.3, -0.25) is 10.1 Å². The quantitative estimate of drug-likeness (QED) is 0.822. The molecule has 0 spiro atoms. The number of rotatable bonds is 5. The van der Waals surface area contributed by atoms with E-state index >= 15 is 0 Å². The van der Waals surface area contributed by atoms with Gasteiger partial charge in [0.05, 0.1) is 5.56 Å². The molecular formula is C17H16N2O5. The number of furan rings is 1. The molecule has 24 heavy (non-hydrogen) atoms. The fourth-order valence-corrected chi connectivity index (χ4v) is 1.97. The van der Waals surface area contributed by atoms with Crippen LogP contribution in [0.15, 0.2) is 46.5 Å². The second-order valence-electron chi connectivity index (χ2n) is 5.00. The highest BCUT2D eigenvalue weighted by Gasteiger charge is 2.10. The number of carboxylic acid groups (broad SMARTS) is 1. The van der Waals surface area contributed by atoms with E-state index in [1.807, 2.05) is 5.32 Å². The van der Waals surface area contributed by atoms with Crippen molar-refractivity contribution >= 4 is 24.5 Å². The Kier molecular flexibility index (Phi) is 5.16. The van der Waals surface area contributed by atoms with Crippen LogP contribution in [0.2, 0.25) is 0 Å². The van der Waals surface area contributed by atoms with E-state index in [2.05, 4.69) is 0 Å². The summed E-state index contributed by atoms with van der Waals surface area (Å²) < 4.78 is 5.68. The van der Waals surface area contributed by atoms with Crippen molar-refractivity contribution < 1.29 is 23.9 Å². The first-order valence-electron chi connectivity index (χ1n) is 7.02. The Bertz CT molecular complexity index is 790. The molecule has 0 saturated heterocycles. The minimum absolute atomic E-state index is 0.198. The van der Waals surface area contributed by atoms with Crippen LogP contribution in [-0.2, 0) is 4.79 Å². The number of benzene rings is 1. The number of amides is 3. The van der Waals surface area contributed by atoms with Crippen molar-refractivity contribution in [2.75, 3.05) is 7.05 Å². The molecule has 2 aromatic rings. The number of imide groups is 1. The van der Waals surface area contributed by atoms with Crippen molar-refractivity contribution in [3.05, 3.63) is 53.4 Å². The van der Waals surface area contributed by atoms with Gasteiger partial charge in [-0.05, 0) is 31.2 Å². The van der Waals surface area contributed by atoms with Crippen LogP contribution in [0.4, 0.5) is 4.79 Å². The molecule has 0 saturated carbocycles. The minimum atomic E-state index is -0.989. The monoisotopic (exact) mass is 328 g/mol. The molecule has 7 nitrogen and oxygen atoms in total. The molecule has 0 aliphatic rings. The molecule has 0 fully saturated rings. The van der Waals surface area contributed by atoms with E-state index in [1.165, 1.54) is 24.1 Å². The van der Waals surface area contributed by atoms with Gasteiger partial charge < -0.3 is 14.4 Å². The molecule has 1 aromatic carbocycles. The summed E-state index contributed by atoms with van der Waals surface area (Å²) in [5, 5.41) is 10.9. The predicted molar refractivity (Wildman–Crippen MR) is 87.1 cm³/mol. The highest BCUT2D eigenvalue weighted by Crippen LogP contribution is 2.24. The fraction of sp³-hybridized carbons (Fsp3) is 0.118. The number of allylic oxidation sites excluding steroid dienone is 1. The number of aromatic carboxylic acids is 1. The molecule has 0 radical (unpaired) electrons. The SMILES string of the molecule is CC(=Cc1ccc(-c2ccc(C(=O)O)cc2)o1)N(C)C(=O)NC=O. The minimum Gasteiger partial charge on any atom is -0.478 e. The first kappa shape index (κ1) is 17.0. The first-order valence-corrected chi connectivity index (χ1v) is 7.02. The van der Waals surface area contributed by atoms with Gasteiger partial charge in [0.15, 0.2) is 0 Å². The van der Waals surface area contributed by atoms with Gasteiger partial charge in [0.25, 0.3) is 0 Å². The smallest absolute Gasteiger partial charge is 0.335 e. The summed E-state index contributed by atoms with van der Waals surface area (Å²) in [6, 6.07) is 9.25. The van der Waals surface area contributed by atoms with Crippen molar-refractivity contribution in [2.45, 2.75) is 6.92 Å². The molecule has 0 bridgehead atoms. The zero-order chi connectivity index (χ0) is 17.7. The third-order valence-electron chi connectivity index (χ3n) is 3.41. The van der Waals surface area contributed by atoms with E-state index in [1.54, 1.807) is 37.3 Å². The van der Waals surface area contributed by atoms with Crippen molar-refractivity contribution in [2.24, 2.45) is 0 Å². The number of nitrogens with zero attached hydrogens (tertiary/aromatic N) is 1. The summed E-state index contributed by atoms with van der Waals surface area (Å²) >= 11 is 0. The van der Waals surface area contributed by atoms with Gasteiger partial charge in [0, 0.05) is 24.4 Å². The highest BCUT2D eigenvalue weighted by molar-refractivity contribution is 5.88.